The number of benzene rings is 1. The van der Waals surface area contributed by atoms with Gasteiger partial charge in [0.25, 0.3) is 0 Å². The predicted molar refractivity (Wildman–Crippen MR) is 80.0 cm³/mol. The highest BCUT2D eigenvalue weighted by Crippen LogP contribution is 2.46. The highest BCUT2D eigenvalue weighted by molar-refractivity contribution is 5.48. The van der Waals surface area contributed by atoms with Crippen LogP contribution in [0, 0.1) is 22.2 Å². The van der Waals surface area contributed by atoms with E-state index in [2.05, 4.69) is 39.1 Å². The standard InChI is InChI=1S/C17H24N2/c1-16(2)9-15(10-17(3,4)12-16)19-14-7-5-13(11-18)6-8-14/h5-8,15,19H,9-10,12H2,1-4H3. The van der Waals surface area contributed by atoms with Crippen LogP contribution in [0.1, 0.15) is 52.5 Å². The molecule has 1 aromatic rings. The normalized spacial score (nSPS) is 21.6. The van der Waals surface area contributed by atoms with E-state index in [1.54, 1.807) is 0 Å². The van der Waals surface area contributed by atoms with Crippen molar-refractivity contribution >= 4 is 5.69 Å². The van der Waals surface area contributed by atoms with E-state index in [4.69, 9.17) is 5.26 Å². The number of hydrogen-bond donors (Lipinski definition) is 1. The summed E-state index contributed by atoms with van der Waals surface area (Å²) < 4.78 is 0. The molecular weight excluding hydrogens is 232 g/mol. The predicted octanol–water partition coefficient (Wildman–Crippen LogP) is 4.58. The molecule has 19 heavy (non-hydrogen) atoms. The highest BCUT2D eigenvalue weighted by atomic mass is 14.9. The molecule has 2 rings (SSSR count). The molecule has 0 unspecified atom stereocenters. The lowest BCUT2D eigenvalue weighted by molar-refractivity contribution is 0.105. The highest BCUT2D eigenvalue weighted by Gasteiger charge is 2.38. The number of anilines is 1. The molecule has 1 saturated carbocycles. The van der Waals surface area contributed by atoms with Crippen molar-refractivity contribution in [2.24, 2.45) is 10.8 Å². The van der Waals surface area contributed by atoms with Crippen molar-refractivity contribution in [2.45, 2.75) is 53.0 Å². The van der Waals surface area contributed by atoms with E-state index in [0.717, 1.165) is 11.3 Å². The fourth-order valence-corrected chi connectivity index (χ4v) is 3.82. The third-order valence-electron chi connectivity index (χ3n) is 3.94. The van der Waals surface area contributed by atoms with Gasteiger partial charge in [-0.2, -0.15) is 5.26 Å². The number of nitriles is 1. The summed E-state index contributed by atoms with van der Waals surface area (Å²) >= 11 is 0. The Balaban J connectivity index is 2.07. The van der Waals surface area contributed by atoms with E-state index < -0.39 is 0 Å². The summed E-state index contributed by atoms with van der Waals surface area (Å²) in [5, 5.41) is 12.5. The molecule has 0 amide bonds. The Kier molecular flexibility index (Phi) is 3.58. The Hall–Kier alpha value is -1.49. The zero-order chi connectivity index (χ0) is 14.1. The van der Waals surface area contributed by atoms with Crippen molar-refractivity contribution < 1.29 is 0 Å². The van der Waals surface area contributed by atoms with Gasteiger partial charge in [0.05, 0.1) is 11.6 Å². The molecule has 1 fully saturated rings. The van der Waals surface area contributed by atoms with Gasteiger partial charge < -0.3 is 5.32 Å². The zero-order valence-electron chi connectivity index (χ0n) is 12.5. The first kappa shape index (κ1) is 13.9. The quantitative estimate of drug-likeness (QED) is 0.841. The molecule has 1 aliphatic carbocycles. The molecule has 102 valence electrons. The van der Waals surface area contributed by atoms with E-state index in [1.807, 2.05) is 24.3 Å². The van der Waals surface area contributed by atoms with Crippen LogP contribution in [-0.2, 0) is 0 Å². The maximum Gasteiger partial charge on any atom is 0.0991 e. The molecule has 2 nitrogen and oxygen atoms in total. The fourth-order valence-electron chi connectivity index (χ4n) is 3.82. The number of nitrogens with zero attached hydrogens (tertiary/aromatic N) is 1. The van der Waals surface area contributed by atoms with Crippen LogP contribution in [-0.4, -0.2) is 6.04 Å². The molecule has 0 atom stereocenters. The van der Waals surface area contributed by atoms with Crippen molar-refractivity contribution in [2.75, 3.05) is 5.32 Å². The molecule has 0 saturated heterocycles. The first-order chi connectivity index (χ1) is 8.80. The molecule has 2 heteroatoms. The molecule has 0 spiro atoms. The van der Waals surface area contributed by atoms with Gasteiger partial charge in [0.2, 0.25) is 0 Å². The molecule has 0 heterocycles. The average Bonchev–Trinajstić information content (AvgIpc) is 2.25. The topological polar surface area (TPSA) is 35.8 Å². The van der Waals surface area contributed by atoms with Crippen LogP contribution in [0.15, 0.2) is 24.3 Å². The van der Waals surface area contributed by atoms with Crippen molar-refractivity contribution in [3.05, 3.63) is 29.8 Å². The van der Waals surface area contributed by atoms with Gasteiger partial charge in [0.1, 0.15) is 0 Å². The summed E-state index contributed by atoms with van der Waals surface area (Å²) in [6.45, 7) is 9.45. The zero-order valence-corrected chi connectivity index (χ0v) is 12.5. The Morgan fingerprint density at radius 3 is 2.05 bits per heavy atom. The van der Waals surface area contributed by atoms with Crippen LogP contribution in [0.4, 0.5) is 5.69 Å². The number of hydrogen-bond acceptors (Lipinski definition) is 2. The Morgan fingerprint density at radius 2 is 1.58 bits per heavy atom. The monoisotopic (exact) mass is 256 g/mol. The fraction of sp³-hybridized carbons (Fsp3) is 0.588. The van der Waals surface area contributed by atoms with E-state index in [1.165, 1.54) is 19.3 Å². The van der Waals surface area contributed by atoms with Gasteiger partial charge in [0.15, 0.2) is 0 Å². The summed E-state index contributed by atoms with van der Waals surface area (Å²) in [6.07, 6.45) is 3.69. The van der Waals surface area contributed by atoms with Gasteiger partial charge in [-0.05, 0) is 54.4 Å². The van der Waals surface area contributed by atoms with Gasteiger partial charge in [0, 0.05) is 11.7 Å². The van der Waals surface area contributed by atoms with Gasteiger partial charge in [-0.15, -0.1) is 0 Å². The van der Waals surface area contributed by atoms with Crippen LogP contribution >= 0.6 is 0 Å². The SMILES string of the molecule is CC1(C)CC(Nc2ccc(C#N)cc2)CC(C)(C)C1. The van der Waals surface area contributed by atoms with Crippen molar-refractivity contribution in [1.82, 2.24) is 0 Å². The third-order valence-corrected chi connectivity index (χ3v) is 3.94. The number of rotatable bonds is 2. The van der Waals surface area contributed by atoms with Gasteiger partial charge in [-0.25, -0.2) is 0 Å². The van der Waals surface area contributed by atoms with Crippen LogP contribution in [0.5, 0.6) is 0 Å². The van der Waals surface area contributed by atoms with Crippen molar-refractivity contribution in [3.63, 3.8) is 0 Å². The van der Waals surface area contributed by atoms with E-state index >= 15 is 0 Å². The second kappa shape index (κ2) is 4.89. The summed E-state index contributed by atoms with van der Waals surface area (Å²) in [5.41, 5.74) is 2.63. The molecule has 0 aliphatic heterocycles. The maximum atomic E-state index is 8.82. The smallest absolute Gasteiger partial charge is 0.0991 e. The van der Waals surface area contributed by atoms with Crippen LogP contribution in [0.2, 0.25) is 0 Å². The average molecular weight is 256 g/mol. The van der Waals surface area contributed by atoms with E-state index in [9.17, 15) is 0 Å². The lowest BCUT2D eigenvalue weighted by Crippen LogP contribution is -2.40. The molecule has 0 aromatic heterocycles. The largest absolute Gasteiger partial charge is 0.382 e. The van der Waals surface area contributed by atoms with Crippen LogP contribution < -0.4 is 5.32 Å². The third kappa shape index (κ3) is 3.73. The molecule has 1 aliphatic rings. The Bertz CT molecular complexity index is 461. The second-order valence-electron chi connectivity index (χ2n) is 7.44. The second-order valence-corrected chi connectivity index (χ2v) is 7.44. The Labute approximate surface area is 116 Å². The number of nitrogens with one attached hydrogen (secondary N) is 1. The minimum Gasteiger partial charge on any atom is -0.382 e. The molecule has 1 aromatic carbocycles. The summed E-state index contributed by atoms with van der Waals surface area (Å²) in [7, 11) is 0. The van der Waals surface area contributed by atoms with E-state index in [-0.39, 0.29) is 0 Å². The summed E-state index contributed by atoms with van der Waals surface area (Å²) in [6, 6.07) is 10.4. The lowest BCUT2D eigenvalue weighted by Gasteiger charge is -2.45. The summed E-state index contributed by atoms with van der Waals surface area (Å²) in [5.74, 6) is 0. The van der Waals surface area contributed by atoms with Gasteiger partial charge >= 0.3 is 0 Å². The minimum atomic E-state index is 0.395. The first-order valence-corrected chi connectivity index (χ1v) is 7.06. The molecule has 0 bridgehead atoms. The maximum absolute atomic E-state index is 8.82. The molecular formula is C17H24N2. The molecule has 0 radical (unpaired) electrons. The lowest BCUT2D eigenvalue weighted by atomic mass is 9.63. The molecule has 1 N–H and O–H groups in total. The van der Waals surface area contributed by atoms with Crippen LogP contribution in [0.3, 0.4) is 0 Å². The van der Waals surface area contributed by atoms with Gasteiger partial charge in [-0.1, -0.05) is 27.7 Å². The summed E-state index contributed by atoms with van der Waals surface area (Å²) in [4.78, 5) is 0. The van der Waals surface area contributed by atoms with Crippen molar-refractivity contribution in [1.29, 1.82) is 5.26 Å². The Morgan fingerprint density at radius 1 is 1.05 bits per heavy atom. The minimum absolute atomic E-state index is 0.395. The van der Waals surface area contributed by atoms with Crippen LogP contribution in [0.25, 0.3) is 0 Å². The van der Waals surface area contributed by atoms with Gasteiger partial charge in [-0.3, -0.25) is 0 Å². The van der Waals surface area contributed by atoms with Crippen molar-refractivity contribution in [3.8, 4) is 6.07 Å². The first-order valence-electron chi connectivity index (χ1n) is 7.06. The van der Waals surface area contributed by atoms with E-state index in [0.29, 0.717) is 16.9 Å².